The average molecular weight is 464 g/mol. The molecule has 0 atom stereocenters. The number of ether oxygens (including phenoxy) is 3. The Balaban J connectivity index is 1.29. The number of rotatable bonds is 6. The van der Waals surface area contributed by atoms with Gasteiger partial charge >= 0.3 is 12.0 Å². The number of anilines is 1. The molecule has 0 saturated heterocycles. The number of hydrogen-bond donors (Lipinski definition) is 2. The van der Waals surface area contributed by atoms with Crippen LogP contribution < -0.4 is 25.7 Å². The van der Waals surface area contributed by atoms with E-state index in [-0.39, 0.29) is 12.2 Å². The second kappa shape index (κ2) is 10.3. The Kier molecular flexibility index (Phi) is 6.82. The molecule has 174 valence electrons. The Bertz CT molecular complexity index is 1270. The SMILES string of the molecule is O=C(COC(=O)c1ccc(=O)n(Cc2ccccc2)n1)NC(=O)Nc1ccc2c(c1)OCCO2. The maximum Gasteiger partial charge on any atom is 0.359 e. The minimum Gasteiger partial charge on any atom is -0.486 e. The molecule has 2 heterocycles. The van der Waals surface area contributed by atoms with Gasteiger partial charge in [-0.05, 0) is 23.8 Å². The summed E-state index contributed by atoms with van der Waals surface area (Å²) in [5, 5.41) is 8.53. The molecule has 4 rings (SSSR count). The van der Waals surface area contributed by atoms with Crippen LogP contribution in [0.2, 0.25) is 0 Å². The third-order valence-corrected chi connectivity index (χ3v) is 4.64. The van der Waals surface area contributed by atoms with E-state index >= 15 is 0 Å². The molecule has 11 heteroatoms. The highest BCUT2D eigenvalue weighted by Crippen LogP contribution is 2.32. The minimum absolute atomic E-state index is 0.149. The second-order valence-corrected chi connectivity index (χ2v) is 7.14. The number of fused-ring (bicyclic) bond motifs is 1. The number of carbonyl (C=O) groups excluding carboxylic acids is 3. The van der Waals surface area contributed by atoms with Crippen molar-refractivity contribution in [3.05, 3.63) is 82.3 Å². The summed E-state index contributed by atoms with van der Waals surface area (Å²) < 4.78 is 16.9. The molecule has 0 fully saturated rings. The van der Waals surface area contributed by atoms with Crippen LogP contribution in [0.4, 0.5) is 10.5 Å². The molecule has 1 aliphatic heterocycles. The van der Waals surface area contributed by atoms with E-state index < -0.39 is 30.1 Å². The van der Waals surface area contributed by atoms with Crippen molar-refractivity contribution in [2.75, 3.05) is 25.1 Å². The molecule has 0 spiro atoms. The van der Waals surface area contributed by atoms with Crippen LogP contribution in [0, 0.1) is 0 Å². The molecule has 3 aromatic rings. The summed E-state index contributed by atoms with van der Waals surface area (Å²) in [4.78, 5) is 48.4. The summed E-state index contributed by atoms with van der Waals surface area (Å²) in [6.45, 7) is 0.288. The quantitative estimate of drug-likeness (QED) is 0.525. The highest BCUT2D eigenvalue weighted by atomic mass is 16.6. The van der Waals surface area contributed by atoms with Crippen LogP contribution in [0.1, 0.15) is 16.1 Å². The van der Waals surface area contributed by atoms with Gasteiger partial charge in [0, 0.05) is 17.8 Å². The number of urea groups is 1. The zero-order valence-corrected chi connectivity index (χ0v) is 17.9. The van der Waals surface area contributed by atoms with Gasteiger partial charge in [0.15, 0.2) is 23.8 Å². The topological polar surface area (TPSA) is 138 Å². The highest BCUT2D eigenvalue weighted by molar-refractivity contribution is 6.02. The maximum absolute atomic E-state index is 12.3. The standard InChI is InChI=1S/C23H20N4O7/c28-20(25-23(31)24-16-6-8-18-19(12-16)33-11-10-32-18)14-34-22(30)17-7-9-21(29)27(26-17)13-15-4-2-1-3-5-15/h1-9,12H,10-11,13-14H2,(H2,24,25,28,31). The fourth-order valence-electron chi connectivity index (χ4n) is 3.08. The third kappa shape index (κ3) is 5.76. The van der Waals surface area contributed by atoms with Gasteiger partial charge in [0.05, 0.1) is 6.54 Å². The van der Waals surface area contributed by atoms with Gasteiger partial charge in [0.2, 0.25) is 0 Å². The number of hydrogen-bond acceptors (Lipinski definition) is 8. The van der Waals surface area contributed by atoms with E-state index in [0.29, 0.717) is 30.4 Å². The first kappa shape index (κ1) is 22.5. The monoisotopic (exact) mass is 464 g/mol. The van der Waals surface area contributed by atoms with Gasteiger partial charge in [-0.15, -0.1) is 0 Å². The Hall–Kier alpha value is -4.67. The van der Waals surface area contributed by atoms with E-state index in [1.807, 2.05) is 30.3 Å². The summed E-state index contributed by atoms with van der Waals surface area (Å²) in [6.07, 6.45) is 0. The van der Waals surface area contributed by atoms with Gasteiger partial charge in [0.25, 0.3) is 11.5 Å². The van der Waals surface area contributed by atoms with Crippen molar-refractivity contribution in [1.82, 2.24) is 15.1 Å². The minimum atomic E-state index is -0.913. The molecule has 11 nitrogen and oxygen atoms in total. The van der Waals surface area contributed by atoms with Crippen molar-refractivity contribution in [2.24, 2.45) is 0 Å². The van der Waals surface area contributed by atoms with Gasteiger partial charge in [0.1, 0.15) is 13.2 Å². The molecule has 0 saturated carbocycles. The molecule has 0 radical (unpaired) electrons. The summed E-state index contributed by atoms with van der Waals surface area (Å²) in [5.74, 6) is -0.723. The normalized spacial score (nSPS) is 11.9. The lowest BCUT2D eigenvalue weighted by atomic mass is 10.2. The molecular formula is C23H20N4O7. The average Bonchev–Trinajstić information content (AvgIpc) is 2.84. The molecule has 3 amide bonds. The van der Waals surface area contributed by atoms with E-state index in [0.717, 1.165) is 10.2 Å². The first-order valence-electron chi connectivity index (χ1n) is 10.3. The van der Waals surface area contributed by atoms with Crippen molar-refractivity contribution >= 4 is 23.6 Å². The lowest BCUT2D eigenvalue weighted by molar-refractivity contribution is -0.123. The van der Waals surface area contributed by atoms with Crippen LogP contribution in [0.3, 0.4) is 0 Å². The third-order valence-electron chi connectivity index (χ3n) is 4.64. The van der Waals surface area contributed by atoms with Gasteiger partial charge < -0.3 is 19.5 Å². The number of imide groups is 1. The summed E-state index contributed by atoms with van der Waals surface area (Å²) in [5.41, 5.74) is 0.667. The van der Waals surface area contributed by atoms with Crippen LogP contribution in [-0.2, 0) is 16.1 Å². The molecule has 2 N–H and O–H groups in total. The molecule has 0 bridgehead atoms. The van der Waals surface area contributed by atoms with E-state index in [9.17, 15) is 19.2 Å². The number of nitrogens with zero attached hydrogens (tertiary/aromatic N) is 2. The predicted octanol–water partition coefficient (Wildman–Crippen LogP) is 1.57. The van der Waals surface area contributed by atoms with Crippen molar-refractivity contribution in [1.29, 1.82) is 0 Å². The van der Waals surface area contributed by atoms with Crippen LogP contribution in [0.15, 0.2) is 65.5 Å². The Labute approximate surface area is 193 Å². The Morgan fingerprint density at radius 3 is 2.53 bits per heavy atom. The second-order valence-electron chi connectivity index (χ2n) is 7.14. The summed E-state index contributed by atoms with van der Waals surface area (Å²) in [7, 11) is 0. The largest absolute Gasteiger partial charge is 0.486 e. The predicted molar refractivity (Wildman–Crippen MR) is 119 cm³/mol. The van der Waals surface area contributed by atoms with Crippen molar-refractivity contribution in [2.45, 2.75) is 6.54 Å². The molecular weight excluding hydrogens is 444 g/mol. The first-order valence-corrected chi connectivity index (χ1v) is 10.3. The van der Waals surface area contributed by atoms with Gasteiger partial charge in [-0.3, -0.25) is 14.9 Å². The van der Waals surface area contributed by atoms with Crippen LogP contribution in [0.25, 0.3) is 0 Å². The fraction of sp³-hybridized carbons (Fsp3) is 0.174. The fourth-order valence-corrected chi connectivity index (χ4v) is 3.08. The molecule has 1 aromatic heterocycles. The Morgan fingerprint density at radius 1 is 0.971 bits per heavy atom. The van der Waals surface area contributed by atoms with E-state index in [2.05, 4.69) is 15.7 Å². The number of aromatic nitrogens is 2. The summed E-state index contributed by atoms with van der Waals surface area (Å²) in [6, 6.07) is 15.5. The first-order chi connectivity index (χ1) is 16.5. The van der Waals surface area contributed by atoms with Crippen molar-refractivity contribution in [3.8, 4) is 11.5 Å². The molecule has 1 aliphatic rings. The number of benzene rings is 2. The molecule has 34 heavy (non-hydrogen) atoms. The van der Waals surface area contributed by atoms with Gasteiger partial charge in [-0.1, -0.05) is 30.3 Å². The number of nitrogens with one attached hydrogen (secondary N) is 2. The zero-order valence-electron chi connectivity index (χ0n) is 17.9. The van der Waals surface area contributed by atoms with Crippen LogP contribution in [-0.4, -0.2) is 47.5 Å². The van der Waals surface area contributed by atoms with E-state index in [1.165, 1.54) is 12.1 Å². The van der Waals surface area contributed by atoms with Crippen molar-refractivity contribution in [3.63, 3.8) is 0 Å². The van der Waals surface area contributed by atoms with Crippen LogP contribution in [0.5, 0.6) is 11.5 Å². The zero-order chi connectivity index (χ0) is 23.9. The maximum atomic E-state index is 12.3. The molecule has 2 aromatic carbocycles. The molecule has 0 aliphatic carbocycles. The van der Waals surface area contributed by atoms with Gasteiger partial charge in [-0.2, -0.15) is 5.10 Å². The van der Waals surface area contributed by atoms with Crippen molar-refractivity contribution < 1.29 is 28.6 Å². The summed E-state index contributed by atoms with van der Waals surface area (Å²) >= 11 is 0. The molecule has 0 unspecified atom stereocenters. The van der Waals surface area contributed by atoms with Gasteiger partial charge in [-0.25, -0.2) is 14.3 Å². The highest BCUT2D eigenvalue weighted by Gasteiger charge is 2.16. The number of esters is 1. The van der Waals surface area contributed by atoms with Crippen LogP contribution >= 0.6 is 0 Å². The number of amides is 3. The smallest absolute Gasteiger partial charge is 0.359 e. The lowest BCUT2D eigenvalue weighted by Crippen LogP contribution is -2.37. The van der Waals surface area contributed by atoms with E-state index in [1.54, 1.807) is 18.2 Å². The van der Waals surface area contributed by atoms with E-state index in [4.69, 9.17) is 14.2 Å². The number of carbonyl (C=O) groups is 3. The Morgan fingerprint density at radius 2 is 1.74 bits per heavy atom. The lowest BCUT2D eigenvalue weighted by Gasteiger charge is -2.19.